The number of halogens is 1. The minimum atomic E-state index is 0.193. The van der Waals surface area contributed by atoms with Gasteiger partial charge in [-0.05, 0) is 19.3 Å². The lowest BCUT2D eigenvalue weighted by atomic mass is 9.88. The molecule has 0 bridgehead atoms. The standard InChI is InChI=1S/C16H30ClNO/c1-2-3-4-5-6-7-10-15(19)18-14-16(13-17)11-8-9-12-16/h2-14H2,1H3,(H,18,19). The Balaban J connectivity index is 2.04. The Morgan fingerprint density at radius 1 is 1.11 bits per heavy atom. The third kappa shape index (κ3) is 6.65. The summed E-state index contributed by atoms with van der Waals surface area (Å²) in [6, 6.07) is 0. The van der Waals surface area contributed by atoms with Crippen molar-refractivity contribution in [1.29, 1.82) is 0 Å². The van der Waals surface area contributed by atoms with Crippen LogP contribution in [-0.4, -0.2) is 18.3 Å². The molecule has 1 aliphatic rings. The van der Waals surface area contributed by atoms with Crippen molar-refractivity contribution in [2.24, 2.45) is 5.41 Å². The van der Waals surface area contributed by atoms with Crippen LogP contribution in [0.5, 0.6) is 0 Å². The molecular formula is C16H30ClNO. The predicted molar refractivity (Wildman–Crippen MR) is 82.6 cm³/mol. The van der Waals surface area contributed by atoms with Gasteiger partial charge in [0.1, 0.15) is 0 Å². The van der Waals surface area contributed by atoms with Crippen molar-refractivity contribution < 1.29 is 4.79 Å². The normalized spacial score (nSPS) is 17.6. The summed E-state index contributed by atoms with van der Waals surface area (Å²) < 4.78 is 0. The molecule has 0 atom stereocenters. The molecular weight excluding hydrogens is 258 g/mol. The molecule has 1 aliphatic carbocycles. The van der Waals surface area contributed by atoms with Gasteiger partial charge >= 0.3 is 0 Å². The van der Waals surface area contributed by atoms with E-state index in [0.29, 0.717) is 12.3 Å². The van der Waals surface area contributed by atoms with E-state index in [4.69, 9.17) is 11.6 Å². The van der Waals surface area contributed by atoms with Crippen LogP contribution in [0.1, 0.15) is 77.6 Å². The summed E-state index contributed by atoms with van der Waals surface area (Å²) in [4.78, 5) is 11.8. The first-order valence-corrected chi connectivity index (χ1v) is 8.58. The molecule has 0 radical (unpaired) electrons. The molecule has 0 aliphatic heterocycles. The number of unbranched alkanes of at least 4 members (excludes halogenated alkanes) is 5. The maximum absolute atomic E-state index is 11.8. The van der Waals surface area contributed by atoms with Gasteiger partial charge in [-0.1, -0.05) is 51.9 Å². The lowest BCUT2D eigenvalue weighted by Gasteiger charge is -2.26. The minimum Gasteiger partial charge on any atom is -0.356 e. The summed E-state index contributed by atoms with van der Waals surface area (Å²) >= 11 is 6.07. The predicted octanol–water partition coefficient (Wildman–Crippen LogP) is 4.65. The number of hydrogen-bond acceptors (Lipinski definition) is 1. The number of rotatable bonds is 10. The Hall–Kier alpha value is -0.240. The van der Waals surface area contributed by atoms with Crippen LogP contribution in [-0.2, 0) is 4.79 Å². The number of amides is 1. The molecule has 0 aromatic rings. The zero-order valence-electron chi connectivity index (χ0n) is 12.5. The number of carbonyl (C=O) groups excluding carboxylic acids is 1. The van der Waals surface area contributed by atoms with Gasteiger partial charge in [-0.3, -0.25) is 4.79 Å². The summed E-state index contributed by atoms with van der Waals surface area (Å²) in [5.41, 5.74) is 0.193. The van der Waals surface area contributed by atoms with Crippen LogP contribution < -0.4 is 5.32 Å². The van der Waals surface area contributed by atoms with Gasteiger partial charge in [0.05, 0.1) is 0 Å². The second-order valence-corrected chi connectivity index (χ2v) is 6.40. The summed E-state index contributed by atoms with van der Waals surface area (Å²) in [6.07, 6.45) is 13.0. The fraction of sp³-hybridized carbons (Fsp3) is 0.938. The highest BCUT2D eigenvalue weighted by atomic mass is 35.5. The molecule has 0 saturated heterocycles. The first-order valence-electron chi connectivity index (χ1n) is 8.05. The van der Waals surface area contributed by atoms with Gasteiger partial charge in [-0.25, -0.2) is 0 Å². The fourth-order valence-electron chi connectivity index (χ4n) is 2.92. The van der Waals surface area contributed by atoms with Crippen LogP contribution >= 0.6 is 11.6 Å². The molecule has 0 aromatic heterocycles. The topological polar surface area (TPSA) is 29.1 Å². The van der Waals surface area contributed by atoms with Crippen molar-refractivity contribution in [3.8, 4) is 0 Å². The van der Waals surface area contributed by atoms with Gasteiger partial charge in [0.2, 0.25) is 5.91 Å². The number of nitrogens with one attached hydrogen (secondary N) is 1. The lowest BCUT2D eigenvalue weighted by molar-refractivity contribution is -0.121. The monoisotopic (exact) mass is 287 g/mol. The van der Waals surface area contributed by atoms with Gasteiger partial charge < -0.3 is 5.32 Å². The Morgan fingerprint density at radius 2 is 1.74 bits per heavy atom. The van der Waals surface area contributed by atoms with Gasteiger partial charge in [0.25, 0.3) is 0 Å². The van der Waals surface area contributed by atoms with E-state index in [2.05, 4.69) is 12.2 Å². The molecule has 3 heteroatoms. The molecule has 1 amide bonds. The summed E-state index contributed by atoms with van der Waals surface area (Å²) in [5.74, 6) is 0.900. The molecule has 0 heterocycles. The summed E-state index contributed by atoms with van der Waals surface area (Å²) in [5, 5.41) is 3.10. The Bertz CT molecular complexity index is 249. The minimum absolute atomic E-state index is 0.193. The molecule has 0 spiro atoms. The zero-order chi connectivity index (χ0) is 14.0. The molecule has 112 valence electrons. The van der Waals surface area contributed by atoms with Crippen molar-refractivity contribution in [3.63, 3.8) is 0 Å². The van der Waals surface area contributed by atoms with Crippen LogP contribution in [0.15, 0.2) is 0 Å². The van der Waals surface area contributed by atoms with E-state index in [9.17, 15) is 4.79 Å². The van der Waals surface area contributed by atoms with E-state index < -0.39 is 0 Å². The second kappa shape index (κ2) is 9.63. The molecule has 1 rings (SSSR count). The van der Waals surface area contributed by atoms with E-state index in [1.54, 1.807) is 0 Å². The van der Waals surface area contributed by atoms with Crippen LogP contribution in [0.3, 0.4) is 0 Å². The molecule has 19 heavy (non-hydrogen) atoms. The molecule has 0 unspecified atom stereocenters. The van der Waals surface area contributed by atoms with E-state index in [1.807, 2.05) is 0 Å². The largest absolute Gasteiger partial charge is 0.356 e. The smallest absolute Gasteiger partial charge is 0.220 e. The lowest BCUT2D eigenvalue weighted by Crippen LogP contribution is -2.37. The highest BCUT2D eigenvalue weighted by Crippen LogP contribution is 2.38. The number of carbonyl (C=O) groups is 1. The molecule has 2 nitrogen and oxygen atoms in total. The molecule has 1 fully saturated rings. The first kappa shape index (κ1) is 16.8. The summed E-state index contributed by atoms with van der Waals surface area (Å²) in [6.45, 7) is 3.01. The third-order valence-corrected chi connectivity index (χ3v) is 4.93. The van der Waals surface area contributed by atoms with Crippen molar-refractivity contribution in [2.75, 3.05) is 12.4 Å². The average Bonchev–Trinajstić information content (AvgIpc) is 2.90. The van der Waals surface area contributed by atoms with Crippen LogP contribution in [0.25, 0.3) is 0 Å². The van der Waals surface area contributed by atoms with E-state index >= 15 is 0 Å². The Labute approximate surface area is 123 Å². The molecule has 1 saturated carbocycles. The first-order chi connectivity index (χ1) is 9.22. The van der Waals surface area contributed by atoms with Crippen LogP contribution in [0.4, 0.5) is 0 Å². The average molecular weight is 288 g/mol. The van der Waals surface area contributed by atoms with E-state index in [1.165, 1.54) is 57.8 Å². The highest BCUT2D eigenvalue weighted by molar-refractivity contribution is 6.18. The van der Waals surface area contributed by atoms with Crippen molar-refractivity contribution >= 4 is 17.5 Å². The SMILES string of the molecule is CCCCCCCCC(=O)NCC1(CCl)CCCC1. The molecule has 0 aromatic carbocycles. The van der Waals surface area contributed by atoms with Crippen LogP contribution in [0.2, 0.25) is 0 Å². The van der Waals surface area contributed by atoms with E-state index in [-0.39, 0.29) is 11.3 Å². The number of alkyl halides is 1. The zero-order valence-corrected chi connectivity index (χ0v) is 13.2. The Morgan fingerprint density at radius 3 is 2.37 bits per heavy atom. The van der Waals surface area contributed by atoms with Crippen molar-refractivity contribution in [1.82, 2.24) is 5.32 Å². The summed E-state index contributed by atoms with van der Waals surface area (Å²) in [7, 11) is 0. The van der Waals surface area contributed by atoms with Gasteiger partial charge in [-0.15, -0.1) is 11.6 Å². The van der Waals surface area contributed by atoms with Crippen LogP contribution in [0, 0.1) is 5.41 Å². The van der Waals surface area contributed by atoms with E-state index in [0.717, 1.165) is 13.0 Å². The van der Waals surface area contributed by atoms with Crippen molar-refractivity contribution in [2.45, 2.75) is 77.6 Å². The number of hydrogen-bond donors (Lipinski definition) is 1. The Kier molecular flexibility index (Phi) is 8.52. The van der Waals surface area contributed by atoms with Crippen molar-refractivity contribution in [3.05, 3.63) is 0 Å². The third-order valence-electron chi connectivity index (χ3n) is 4.37. The highest BCUT2D eigenvalue weighted by Gasteiger charge is 2.33. The fourth-order valence-corrected chi connectivity index (χ4v) is 3.28. The van der Waals surface area contributed by atoms with Gasteiger partial charge in [-0.2, -0.15) is 0 Å². The van der Waals surface area contributed by atoms with Gasteiger partial charge in [0, 0.05) is 24.3 Å². The maximum Gasteiger partial charge on any atom is 0.220 e. The maximum atomic E-state index is 11.8. The molecule has 1 N–H and O–H groups in total. The second-order valence-electron chi connectivity index (χ2n) is 6.14. The van der Waals surface area contributed by atoms with Gasteiger partial charge in [0.15, 0.2) is 0 Å². The quantitative estimate of drug-likeness (QED) is 0.460.